The van der Waals surface area contributed by atoms with E-state index in [4.69, 9.17) is 0 Å². The minimum atomic E-state index is 0.397. The quantitative estimate of drug-likeness (QED) is 0.778. The van der Waals surface area contributed by atoms with Crippen molar-refractivity contribution in [3.05, 3.63) is 27.1 Å². The topological polar surface area (TPSA) is 26.3 Å². The minimum absolute atomic E-state index is 0.397. The predicted octanol–water partition coefficient (Wildman–Crippen LogP) is 2.75. The molecule has 0 atom stereocenters. The van der Waals surface area contributed by atoms with Crippen molar-refractivity contribution in [2.45, 2.75) is 0 Å². The summed E-state index contributed by atoms with van der Waals surface area (Å²) in [5, 5.41) is 0. The summed E-state index contributed by atoms with van der Waals surface area (Å²) in [6, 6.07) is 5.30. The Morgan fingerprint density at radius 2 is 2.09 bits per heavy atom. The van der Waals surface area contributed by atoms with Crippen LogP contribution in [0.25, 0.3) is 0 Å². The molecule has 0 aliphatic carbocycles. The SMILES string of the molecule is O=COc1ccc(Br)cc1Br. The number of halogens is 2. The molecule has 58 valence electrons. The van der Waals surface area contributed by atoms with Gasteiger partial charge in [0.25, 0.3) is 6.47 Å². The van der Waals surface area contributed by atoms with Crippen molar-refractivity contribution >= 4 is 38.3 Å². The Morgan fingerprint density at radius 1 is 1.36 bits per heavy atom. The van der Waals surface area contributed by atoms with Crippen LogP contribution < -0.4 is 4.74 Å². The Hall–Kier alpha value is -0.350. The summed E-state index contributed by atoms with van der Waals surface area (Å²) in [7, 11) is 0. The van der Waals surface area contributed by atoms with Gasteiger partial charge in [0, 0.05) is 4.47 Å². The van der Waals surface area contributed by atoms with Gasteiger partial charge in [0.2, 0.25) is 0 Å². The highest BCUT2D eigenvalue weighted by atomic mass is 79.9. The molecule has 0 heterocycles. The lowest BCUT2D eigenvalue weighted by molar-refractivity contribution is -0.120. The third kappa shape index (κ3) is 2.31. The highest BCUT2D eigenvalue weighted by Crippen LogP contribution is 2.27. The highest BCUT2D eigenvalue weighted by Gasteiger charge is 1.99. The molecule has 0 saturated heterocycles. The molecule has 0 spiro atoms. The van der Waals surface area contributed by atoms with Crippen molar-refractivity contribution in [1.29, 1.82) is 0 Å². The lowest BCUT2D eigenvalue weighted by atomic mass is 10.3. The number of hydrogen-bond donors (Lipinski definition) is 0. The van der Waals surface area contributed by atoms with Crippen molar-refractivity contribution in [2.24, 2.45) is 0 Å². The first-order chi connectivity index (χ1) is 5.24. The maximum Gasteiger partial charge on any atom is 0.298 e. The molecule has 1 aromatic carbocycles. The van der Waals surface area contributed by atoms with E-state index >= 15 is 0 Å². The van der Waals surface area contributed by atoms with E-state index in [0.717, 1.165) is 8.95 Å². The van der Waals surface area contributed by atoms with Crippen LogP contribution in [0.1, 0.15) is 0 Å². The Kier molecular flexibility index (Phi) is 3.08. The zero-order valence-corrected chi connectivity index (χ0v) is 8.55. The van der Waals surface area contributed by atoms with Gasteiger partial charge in [-0.3, -0.25) is 4.79 Å². The van der Waals surface area contributed by atoms with Crippen LogP contribution in [0.15, 0.2) is 27.1 Å². The van der Waals surface area contributed by atoms with Crippen molar-refractivity contribution in [3.63, 3.8) is 0 Å². The van der Waals surface area contributed by atoms with Crippen molar-refractivity contribution in [3.8, 4) is 5.75 Å². The lowest BCUT2D eigenvalue weighted by Gasteiger charge is -1.99. The van der Waals surface area contributed by atoms with Gasteiger partial charge in [0.15, 0.2) is 0 Å². The standard InChI is InChI=1S/C7H4Br2O2/c8-5-1-2-7(11-4-10)6(9)3-5/h1-4H. The molecule has 0 N–H and O–H groups in total. The molecule has 0 radical (unpaired) electrons. The molecular formula is C7H4Br2O2. The number of carbonyl (C=O) groups is 1. The number of benzene rings is 1. The monoisotopic (exact) mass is 278 g/mol. The lowest BCUT2D eigenvalue weighted by Crippen LogP contribution is -1.88. The Balaban J connectivity index is 2.98. The third-order valence-corrected chi connectivity index (χ3v) is 2.18. The molecule has 0 bridgehead atoms. The van der Waals surface area contributed by atoms with Crippen LogP contribution in [0.5, 0.6) is 5.75 Å². The van der Waals surface area contributed by atoms with E-state index < -0.39 is 0 Å². The molecule has 0 amide bonds. The first-order valence-corrected chi connectivity index (χ1v) is 4.38. The maximum absolute atomic E-state index is 9.96. The van der Waals surface area contributed by atoms with Gasteiger partial charge in [0.05, 0.1) is 4.47 Å². The summed E-state index contributed by atoms with van der Waals surface area (Å²) in [4.78, 5) is 9.96. The van der Waals surface area contributed by atoms with Gasteiger partial charge in [-0.1, -0.05) is 15.9 Å². The van der Waals surface area contributed by atoms with Gasteiger partial charge in [0.1, 0.15) is 5.75 Å². The molecule has 1 aromatic rings. The van der Waals surface area contributed by atoms with Gasteiger partial charge < -0.3 is 4.74 Å². The van der Waals surface area contributed by atoms with E-state index in [1.807, 2.05) is 0 Å². The average Bonchev–Trinajstić information content (AvgIpc) is 1.95. The fourth-order valence-corrected chi connectivity index (χ4v) is 1.76. The van der Waals surface area contributed by atoms with E-state index in [2.05, 4.69) is 36.6 Å². The Labute approximate surface area is 80.8 Å². The van der Waals surface area contributed by atoms with Crippen molar-refractivity contribution in [1.82, 2.24) is 0 Å². The fraction of sp³-hybridized carbons (Fsp3) is 0. The second kappa shape index (κ2) is 3.88. The van der Waals surface area contributed by atoms with E-state index in [1.165, 1.54) is 0 Å². The van der Waals surface area contributed by atoms with E-state index in [0.29, 0.717) is 12.2 Å². The summed E-state index contributed by atoms with van der Waals surface area (Å²) in [6.07, 6.45) is 0. The summed E-state index contributed by atoms with van der Waals surface area (Å²) >= 11 is 6.51. The number of rotatable bonds is 2. The van der Waals surface area contributed by atoms with Crippen LogP contribution in [0.4, 0.5) is 0 Å². The van der Waals surface area contributed by atoms with Gasteiger partial charge in [-0.05, 0) is 34.1 Å². The molecular weight excluding hydrogens is 276 g/mol. The molecule has 2 nitrogen and oxygen atoms in total. The predicted molar refractivity (Wildman–Crippen MR) is 48.5 cm³/mol. The summed E-state index contributed by atoms with van der Waals surface area (Å²) in [6.45, 7) is 0.397. The van der Waals surface area contributed by atoms with Crippen LogP contribution in [-0.2, 0) is 4.79 Å². The van der Waals surface area contributed by atoms with E-state index in [-0.39, 0.29) is 0 Å². The van der Waals surface area contributed by atoms with Crippen LogP contribution in [-0.4, -0.2) is 6.47 Å². The normalized spacial score (nSPS) is 9.27. The molecule has 1 rings (SSSR count). The summed E-state index contributed by atoms with van der Waals surface area (Å²) < 4.78 is 6.33. The number of ether oxygens (including phenoxy) is 1. The largest absolute Gasteiger partial charge is 0.428 e. The van der Waals surface area contributed by atoms with Crippen LogP contribution >= 0.6 is 31.9 Å². The smallest absolute Gasteiger partial charge is 0.298 e. The molecule has 0 fully saturated rings. The summed E-state index contributed by atoms with van der Waals surface area (Å²) in [5.41, 5.74) is 0. The Bertz CT molecular complexity index is 273. The molecule has 0 aliphatic heterocycles. The second-order valence-electron chi connectivity index (χ2n) is 1.79. The Morgan fingerprint density at radius 3 is 2.64 bits per heavy atom. The first kappa shape index (κ1) is 8.74. The molecule has 4 heteroatoms. The minimum Gasteiger partial charge on any atom is -0.428 e. The highest BCUT2D eigenvalue weighted by molar-refractivity contribution is 9.11. The van der Waals surface area contributed by atoms with E-state index in [9.17, 15) is 4.79 Å². The number of hydrogen-bond acceptors (Lipinski definition) is 2. The zero-order valence-electron chi connectivity index (χ0n) is 5.38. The van der Waals surface area contributed by atoms with Gasteiger partial charge in [-0.15, -0.1) is 0 Å². The maximum atomic E-state index is 9.96. The first-order valence-electron chi connectivity index (χ1n) is 2.79. The van der Waals surface area contributed by atoms with Crippen LogP contribution in [0.3, 0.4) is 0 Å². The van der Waals surface area contributed by atoms with Gasteiger partial charge in [-0.2, -0.15) is 0 Å². The third-order valence-electron chi connectivity index (χ3n) is 1.07. The van der Waals surface area contributed by atoms with E-state index in [1.54, 1.807) is 18.2 Å². The molecule has 0 aromatic heterocycles. The second-order valence-corrected chi connectivity index (χ2v) is 3.56. The number of carbonyl (C=O) groups excluding carboxylic acids is 1. The van der Waals surface area contributed by atoms with Gasteiger partial charge >= 0.3 is 0 Å². The van der Waals surface area contributed by atoms with Crippen LogP contribution in [0.2, 0.25) is 0 Å². The zero-order chi connectivity index (χ0) is 8.27. The molecule has 0 saturated carbocycles. The van der Waals surface area contributed by atoms with Gasteiger partial charge in [-0.25, -0.2) is 0 Å². The average molecular weight is 280 g/mol. The van der Waals surface area contributed by atoms with Crippen molar-refractivity contribution < 1.29 is 9.53 Å². The molecule has 0 aliphatic rings. The fourth-order valence-electron chi connectivity index (χ4n) is 0.623. The van der Waals surface area contributed by atoms with Crippen molar-refractivity contribution in [2.75, 3.05) is 0 Å². The van der Waals surface area contributed by atoms with Crippen LogP contribution in [0, 0.1) is 0 Å². The summed E-state index contributed by atoms with van der Waals surface area (Å²) in [5.74, 6) is 0.517. The molecule has 0 unspecified atom stereocenters. The molecule has 11 heavy (non-hydrogen) atoms.